The lowest BCUT2D eigenvalue weighted by molar-refractivity contribution is -0.170. The van der Waals surface area contributed by atoms with Crippen LogP contribution in [0.3, 0.4) is 0 Å². The second-order valence-electron chi connectivity index (χ2n) is 8.35. The molecule has 0 aliphatic heterocycles. The van der Waals surface area contributed by atoms with E-state index < -0.39 is 17.9 Å². The summed E-state index contributed by atoms with van der Waals surface area (Å²) in [7, 11) is 0. The van der Waals surface area contributed by atoms with Crippen molar-refractivity contribution in [2.45, 2.75) is 45.1 Å². The summed E-state index contributed by atoms with van der Waals surface area (Å²) in [4.78, 5) is 36.9. The predicted molar refractivity (Wildman–Crippen MR) is 98.1 cm³/mol. The molecular weight excluding hydrogens is 344 g/mol. The fourth-order valence-electron chi connectivity index (χ4n) is 5.50. The number of rotatable bonds is 4. The molecule has 2 N–H and O–H groups in total. The third kappa shape index (κ3) is 3.70. The minimum Gasteiger partial charge on any atom is -0.452 e. The zero-order chi connectivity index (χ0) is 19.0. The molecule has 0 heterocycles. The molecule has 5 rings (SSSR count). The van der Waals surface area contributed by atoms with Gasteiger partial charge < -0.3 is 4.74 Å². The molecule has 4 bridgehead atoms. The molecule has 0 unspecified atom stereocenters. The first-order valence-corrected chi connectivity index (χ1v) is 9.87. The molecule has 27 heavy (non-hydrogen) atoms. The normalized spacial score (nSPS) is 31.8. The molecule has 6 nitrogen and oxygen atoms in total. The van der Waals surface area contributed by atoms with Gasteiger partial charge in [-0.1, -0.05) is 18.2 Å². The topological polar surface area (TPSA) is 84.5 Å². The van der Waals surface area contributed by atoms with Crippen LogP contribution < -0.4 is 10.9 Å². The van der Waals surface area contributed by atoms with E-state index in [-0.39, 0.29) is 11.9 Å². The average molecular weight is 370 g/mol. The first-order valence-electron chi connectivity index (χ1n) is 9.87. The van der Waals surface area contributed by atoms with Crippen molar-refractivity contribution in [2.75, 3.05) is 0 Å². The summed E-state index contributed by atoms with van der Waals surface area (Å²) in [5.74, 6) is 1.15. The minimum atomic E-state index is -0.939. The first-order chi connectivity index (χ1) is 13.0. The summed E-state index contributed by atoms with van der Waals surface area (Å²) in [5, 5.41) is 0. The third-order valence-corrected chi connectivity index (χ3v) is 6.50. The van der Waals surface area contributed by atoms with Crippen molar-refractivity contribution in [1.29, 1.82) is 0 Å². The highest BCUT2D eigenvalue weighted by atomic mass is 16.5. The lowest BCUT2D eigenvalue weighted by atomic mass is 9.52. The van der Waals surface area contributed by atoms with Crippen molar-refractivity contribution in [3.63, 3.8) is 0 Å². The van der Waals surface area contributed by atoms with Crippen LogP contribution in [0.5, 0.6) is 0 Å². The number of amides is 2. The summed E-state index contributed by atoms with van der Waals surface area (Å²) in [6, 6.07) is 8.59. The molecule has 0 radical (unpaired) electrons. The Labute approximate surface area is 159 Å². The highest BCUT2D eigenvalue weighted by Gasteiger charge is 2.51. The van der Waals surface area contributed by atoms with Crippen LogP contribution in [0, 0.1) is 29.6 Å². The van der Waals surface area contributed by atoms with Gasteiger partial charge in [0.15, 0.2) is 6.10 Å². The summed E-state index contributed by atoms with van der Waals surface area (Å²) in [6.07, 6.45) is 4.89. The minimum absolute atomic E-state index is 0.0630. The third-order valence-electron chi connectivity index (χ3n) is 6.50. The maximum Gasteiger partial charge on any atom is 0.310 e. The zero-order valence-electron chi connectivity index (χ0n) is 15.5. The highest BCUT2D eigenvalue weighted by Crippen LogP contribution is 2.56. The second-order valence-corrected chi connectivity index (χ2v) is 8.35. The largest absolute Gasteiger partial charge is 0.452 e. The van der Waals surface area contributed by atoms with Gasteiger partial charge in [-0.2, -0.15) is 0 Å². The van der Waals surface area contributed by atoms with Crippen LogP contribution in [0.1, 0.15) is 49.4 Å². The van der Waals surface area contributed by atoms with E-state index in [2.05, 4.69) is 10.9 Å². The van der Waals surface area contributed by atoms with Crippen molar-refractivity contribution in [3.05, 3.63) is 35.9 Å². The number of nitrogens with one attached hydrogen (secondary N) is 2. The maximum absolute atomic E-state index is 12.7. The van der Waals surface area contributed by atoms with E-state index >= 15 is 0 Å². The predicted octanol–water partition coefficient (Wildman–Crippen LogP) is 2.45. The maximum atomic E-state index is 12.7. The van der Waals surface area contributed by atoms with Crippen LogP contribution in [-0.2, 0) is 14.3 Å². The number of hydrazine groups is 1. The number of hydrogen-bond acceptors (Lipinski definition) is 4. The van der Waals surface area contributed by atoms with Crippen molar-refractivity contribution >= 4 is 17.8 Å². The Morgan fingerprint density at radius 2 is 1.52 bits per heavy atom. The van der Waals surface area contributed by atoms with Crippen LogP contribution in [-0.4, -0.2) is 23.9 Å². The standard InChI is InChI=1S/C21H26N2O4/c1-12(19(24)22-23-20(25)15-5-3-2-4-6-15)27-21(26)18-16-8-13-7-14(10-16)11-17(18)9-13/h2-6,12-14,16-18H,7-11H2,1H3,(H,22,24)(H,23,25)/t12-,13?,14?,16?,17?,18?/m0/s1. The Hall–Kier alpha value is -2.37. The van der Waals surface area contributed by atoms with Crippen LogP contribution in [0.4, 0.5) is 0 Å². The molecule has 0 spiro atoms. The van der Waals surface area contributed by atoms with Gasteiger partial charge in [0.05, 0.1) is 5.92 Å². The number of benzene rings is 1. The number of hydrogen-bond donors (Lipinski definition) is 2. The summed E-state index contributed by atoms with van der Waals surface area (Å²) >= 11 is 0. The van der Waals surface area contributed by atoms with Crippen molar-refractivity contribution < 1.29 is 19.1 Å². The fraction of sp³-hybridized carbons (Fsp3) is 0.571. The van der Waals surface area contributed by atoms with Crippen LogP contribution in [0.25, 0.3) is 0 Å². The van der Waals surface area contributed by atoms with Gasteiger partial charge >= 0.3 is 5.97 Å². The lowest BCUT2D eigenvalue weighted by Gasteiger charge is -2.53. The van der Waals surface area contributed by atoms with E-state index in [1.807, 2.05) is 0 Å². The average Bonchev–Trinajstić information content (AvgIpc) is 2.65. The summed E-state index contributed by atoms with van der Waals surface area (Å²) in [6.45, 7) is 1.54. The van der Waals surface area contributed by atoms with Crippen LogP contribution >= 0.6 is 0 Å². The second kappa shape index (κ2) is 7.33. The molecule has 4 aliphatic carbocycles. The van der Waals surface area contributed by atoms with Gasteiger partial charge in [-0.05, 0) is 74.8 Å². The Bertz CT molecular complexity index is 705. The molecule has 2 amide bonds. The van der Waals surface area contributed by atoms with Crippen molar-refractivity contribution in [2.24, 2.45) is 29.6 Å². The van der Waals surface area contributed by atoms with Gasteiger partial charge in [-0.15, -0.1) is 0 Å². The molecular formula is C21H26N2O4. The highest BCUT2D eigenvalue weighted by molar-refractivity contribution is 5.95. The zero-order valence-corrected chi connectivity index (χ0v) is 15.5. The van der Waals surface area contributed by atoms with Gasteiger partial charge in [0.1, 0.15) is 0 Å². The SMILES string of the molecule is C[C@H](OC(=O)C1C2CC3CC(C2)CC1C3)C(=O)NNC(=O)c1ccccc1. The number of carbonyl (C=O) groups excluding carboxylic acids is 3. The molecule has 0 aromatic heterocycles. The molecule has 4 fully saturated rings. The van der Waals surface area contributed by atoms with Crippen molar-refractivity contribution in [3.8, 4) is 0 Å². The van der Waals surface area contributed by atoms with Gasteiger partial charge in [-0.3, -0.25) is 25.2 Å². The molecule has 1 aromatic rings. The first kappa shape index (κ1) is 18.0. The van der Waals surface area contributed by atoms with E-state index in [1.54, 1.807) is 30.3 Å². The van der Waals surface area contributed by atoms with E-state index in [9.17, 15) is 14.4 Å². The van der Waals surface area contributed by atoms with E-state index in [0.717, 1.165) is 37.5 Å². The van der Waals surface area contributed by atoms with Crippen LogP contribution in [0.15, 0.2) is 30.3 Å². The molecule has 144 valence electrons. The quantitative estimate of drug-likeness (QED) is 0.630. The number of ether oxygens (including phenoxy) is 1. The van der Waals surface area contributed by atoms with E-state index in [0.29, 0.717) is 17.4 Å². The summed E-state index contributed by atoms with van der Waals surface area (Å²) in [5.41, 5.74) is 5.13. The van der Waals surface area contributed by atoms with Gasteiger partial charge in [-0.25, -0.2) is 0 Å². The van der Waals surface area contributed by atoms with Gasteiger partial charge in [0, 0.05) is 5.56 Å². The van der Waals surface area contributed by atoms with E-state index in [4.69, 9.17) is 4.74 Å². The number of carbonyl (C=O) groups is 3. The Balaban J connectivity index is 1.28. The van der Waals surface area contributed by atoms with Crippen molar-refractivity contribution in [1.82, 2.24) is 10.9 Å². The molecule has 4 saturated carbocycles. The Kier molecular flexibility index (Phi) is 4.89. The molecule has 4 aliphatic rings. The molecule has 0 saturated heterocycles. The lowest BCUT2D eigenvalue weighted by Crippen LogP contribution is -2.50. The van der Waals surface area contributed by atoms with Gasteiger partial charge in [0.25, 0.3) is 11.8 Å². The molecule has 1 aromatic carbocycles. The Morgan fingerprint density at radius 1 is 0.926 bits per heavy atom. The van der Waals surface area contributed by atoms with E-state index in [1.165, 1.54) is 13.3 Å². The number of esters is 1. The molecule has 6 heteroatoms. The summed E-state index contributed by atoms with van der Waals surface area (Å²) < 4.78 is 5.47. The monoisotopic (exact) mass is 370 g/mol. The molecule has 1 atom stereocenters. The smallest absolute Gasteiger partial charge is 0.310 e. The fourth-order valence-corrected chi connectivity index (χ4v) is 5.50. The Morgan fingerprint density at radius 3 is 2.11 bits per heavy atom. The van der Waals surface area contributed by atoms with Gasteiger partial charge in [0.2, 0.25) is 0 Å². The van der Waals surface area contributed by atoms with Crippen LogP contribution in [0.2, 0.25) is 0 Å².